The van der Waals surface area contributed by atoms with Gasteiger partial charge in [0.25, 0.3) is 6.47 Å². The fourth-order valence-electron chi connectivity index (χ4n) is 3.93. The highest BCUT2D eigenvalue weighted by Gasteiger charge is 2.41. The van der Waals surface area contributed by atoms with Crippen LogP contribution in [0.25, 0.3) is 10.9 Å². The Kier molecular flexibility index (Phi) is 8.10. The Morgan fingerprint density at radius 1 is 1.39 bits per heavy atom. The van der Waals surface area contributed by atoms with Crippen LogP contribution in [-0.4, -0.2) is 58.8 Å². The number of hydrogen-bond acceptors (Lipinski definition) is 6. The van der Waals surface area contributed by atoms with Gasteiger partial charge in [-0.05, 0) is 49.8 Å². The minimum absolute atomic E-state index is 0.0527. The summed E-state index contributed by atoms with van der Waals surface area (Å²) in [5, 5.41) is 28.6. The Morgan fingerprint density at radius 3 is 2.68 bits per heavy atom. The van der Waals surface area contributed by atoms with E-state index in [2.05, 4.69) is 49.3 Å². The van der Waals surface area contributed by atoms with Crippen LogP contribution in [0.3, 0.4) is 0 Å². The number of aryl methyl sites for hydroxylation is 1. The van der Waals surface area contributed by atoms with Crippen LogP contribution in [0.4, 0.5) is 5.82 Å². The fourth-order valence-corrected chi connectivity index (χ4v) is 4.37. The van der Waals surface area contributed by atoms with Crippen LogP contribution in [0.15, 0.2) is 29.2 Å². The number of nitrogens with zero attached hydrogens (tertiary/aromatic N) is 2. The number of piperidine rings is 1. The third-order valence-electron chi connectivity index (χ3n) is 5.58. The van der Waals surface area contributed by atoms with Crippen molar-refractivity contribution in [3.8, 4) is 0 Å². The third-order valence-corrected chi connectivity index (χ3v) is 6.30. The number of benzene rings is 1. The highest BCUT2D eigenvalue weighted by Crippen LogP contribution is 2.37. The number of thioether (sulfide) groups is 1. The minimum atomic E-state index is -0.526. The Labute approximate surface area is 170 Å². The van der Waals surface area contributed by atoms with Gasteiger partial charge in [-0.1, -0.05) is 19.4 Å². The largest absolute Gasteiger partial charge is 0.483 e. The summed E-state index contributed by atoms with van der Waals surface area (Å²) in [7, 11) is 0. The number of hydrogen-bond donors (Lipinski definition) is 3. The lowest BCUT2D eigenvalue weighted by atomic mass is 9.73. The Balaban J connectivity index is 0.000000878. The summed E-state index contributed by atoms with van der Waals surface area (Å²) in [5.74, 6) is 0.922. The molecule has 3 rings (SSSR count). The van der Waals surface area contributed by atoms with Crippen LogP contribution in [0.1, 0.15) is 31.7 Å². The summed E-state index contributed by atoms with van der Waals surface area (Å²) in [5.41, 5.74) is 1.85. The number of carboxylic acid groups (broad SMARTS) is 1. The standard InChI is InChI=1S/C20H28N2O2S.CH2O2/c1-4-7-20(13-23)8-9-22(12-18(20)24)19-10-14(2)16-6-5-15(25-3)11-17(16)21-19;2-1-3/h5-6,10-11,18,23-24H,4,7-9,12-13H2,1-3H3;1H,(H,2,3)/t18-,20+;/m0./s1. The van der Waals surface area contributed by atoms with Crippen LogP contribution in [0.2, 0.25) is 0 Å². The van der Waals surface area contributed by atoms with Crippen molar-refractivity contribution in [2.75, 3.05) is 30.9 Å². The van der Waals surface area contributed by atoms with Gasteiger partial charge < -0.3 is 20.2 Å². The van der Waals surface area contributed by atoms with Crippen molar-refractivity contribution in [3.05, 3.63) is 29.8 Å². The van der Waals surface area contributed by atoms with E-state index in [0.717, 1.165) is 37.1 Å². The molecule has 0 amide bonds. The quantitative estimate of drug-likeness (QED) is 0.518. The van der Waals surface area contributed by atoms with Crippen LogP contribution in [0, 0.1) is 12.3 Å². The van der Waals surface area contributed by atoms with Gasteiger partial charge in [-0.3, -0.25) is 4.79 Å². The summed E-state index contributed by atoms with van der Waals surface area (Å²) in [4.78, 5) is 16.6. The zero-order chi connectivity index (χ0) is 20.7. The van der Waals surface area contributed by atoms with Crippen molar-refractivity contribution in [2.24, 2.45) is 5.41 Å². The zero-order valence-corrected chi connectivity index (χ0v) is 17.6. The van der Waals surface area contributed by atoms with Crippen LogP contribution in [-0.2, 0) is 4.79 Å². The number of fused-ring (bicyclic) bond motifs is 1. The average Bonchev–Trinajstić information content (AvgIpc) is 2.69. The summed E-state index contributed by atoms with van der Waals surface area (Å²) in [6.07, 6.45) is 4.17. The lowest BCUT2D eigenvalue weighted by Gasteiger charge is -2.45. The molecule has 0 radical (unpaired) electrons. The van der Waals surface area contributed by atoms with Crippen molar-refractivity contribution < 1.29 is 20.1 Å². The number of rotatable bonds is 5. The van der Waals surface area contributed by atoms with Gasteiger partial charge in [0.15, 0.2) is 0 Å². The first-order valence-electron chi connectivity index (χ1n) is 9.51. The topological polar surface area (TPSA) is 93.9 Å². The molecule has 2 heterocycles. The molecule has 1 saturated heterocycles. The highest BCUT2D eigenvalue weighted by molar-refractivity contribution is 7.98. The van der Waals surface area contributed by atoms with E-state index in [-0.39, 0.29) is 18.5 Å². The van der Waals surface area contributed by atoms with Gasteiger partial charge in [0.05, 0.1) is 18.2 Å². The van der Waals surface area contributed by atoms with E-state index in [0.29, 0.717) is 6.54 Å². The molecule has 0 aliphatic carbocycles. The highest BCUT2D eigenvalue weighted by atomic mass is 32.2. The molecule has 1 aromatic heterocycles. The van der Waals surface area contributed by atoms with Crippen molar-refractivity contribution >= 4 is 35.0 Å². The van der Waals surface area contributed by atoms with Gasteiger partial charge >= 0.3 is 0 Å². The van der Waals surface area contributed by atoms with Gasteiger partial charge in [0, 0.05) is 28.8 Å². The third kappa shape index (κ3) is 4.77. The zero-order valence-electron chi connectivity index (χ0n) is 16.8. The predicted molar refractivity (Wildman–Crippen MR) is 114 cm³/mol. The number of anilines is 1. The maximum absolute atomic E-state index is 10.7. The van der Waals surface area contributed by atoms with E-state index in [1.54, 1.807) is 11.8 Å². The van der Waals surface area contributed by atoms with Crippen LogP contribution >= 0.6 is 11.8 Å². The summed E-state index contributed by atoms with van der Waals surface area (Å²) < 4.78 is 0. The maximum atomic E-state index is 10.7. The van der Waals surface area contributed by atoms with E-state index in [4.69, 9.17) is 14.9 Å². The Morgan fingerprint density at radius 2 is 2.11 bits per heavy atom. The summed E-state index contributed by atoms with van der Waals surface area (Å²) in [6, 6.07) is 8.51. The van der Waals surface area contributed by atoms with Crippen LogP contribution in [0.5, 0.6) is 0 Å². The molecule has 6 nitrogen and oxygen atoms in total. The predicted octanol–water partition coefficient (Wildman–Crippen LogP) is 3.32. The molecule has 0 unspecified atom stereocenters. The average molecular weight is 407 g/mol. The molecule has 0 bridgehead atoms. The number of β-amino-alcohol motifs (C(OH)–C–C–N with tert-alkyl or cyclic N) is 1. The summed E-state index contributed by atoms with van der Waals surface area (Å²) >= 11 is 1.72. The molecule has 1 aliphatic heterocycles. The molecule has 2 atom stereocenters. The van der Waals surface area contributed by atoms with Gasteiger partial charge in [0.1, 0.15) is 5.82 Å². The second-order valence-corrected chi connectivity index (χ2v) is 8.15. The van der Waals surface area contributed by atoms with Crippen molar-refractivity contribution in [1.29, 1.82) is 0 Å². The van der Waals surface area contributed by atoms with Crippen molar-refractivity contribution in [2.45, 2.75) is 44.1 Å². The van der Waals surface area contributed by atoms with Gasteiger partial charge in [-0.15, -0.1) is 11.8 Å². The first-order valence-corrected chi connectivity index (χ1v) is 10.7. The van der Waals surface area contributed by atoms with Crippen LogP contribution < -0.4 is 4.90 Å². The van der Waals surface area contributed by atoms with E-state index in [1.165, 1.54) is 15.8 Å². The maximum Gasteiger partial charge on any atom is 0.290 e. The molecular weight excluding hydrogens is 376 g/mol. The molecule has 28 heavy (non-hydrogen) atoms. The molecule has 154 valence electrons. The minimum Gasteiger partial charge on any atom is -0.483 e. The smallest absolute Gasteiger partial charge is 0.290 e. The normalized spacial score (nSPS) is 21.9. The molecule has 7 heteroatoms. The van der Waals surface area contributed by atoms with E-state index < -0.39 is 6.10 Å². The van der Waals surface area contributed by atoms with E-state index in [1.807, 2.05) is 0 Å². The molecular formula is C21H30N2O4S. The van der Waals surface area contributed by atoms with Crippen molar-refractivity contribution in [1.82, 2.24) is 4.98 Å². The number of pyridine rings is 1. The number of aliphatic hydroxyl groups excluding tert-OH is 2. The Bertz CT molecular complexity index is 801. The van der Waals surface area contributed by atoms with Gasteiger partial charge in [-0.25, -0.2) is 4.98 Å². The SMILES string of the molecule is CCC[C@]1(CO)CCN(c2cc(C)c3ccc(SC)cc3n2)C[C@@H]1O.O=CO. The molecule has 0 saturated carbocycles. The Hall–Kier alpha value is -1.83. The summed E-state index contributed by atoms with van der Waals surface area (Å²) in [6.45, 7) is 5.37. The second kappa shape index (κ2) is 10.1. The number of aromatic nitrogens is 1. The van der Waals surface area contributed by atoms with E-state index in [9.17, 15) is 10.2 Å². The molecule has 0 spiro atoms. The lowest BCUT2D eigenvalue weighted by molar-refractivity contribution is -0.122. The molecule has 3 N–H and O–H groups in total. The fraction of sp³-hybridized carbons (Fsp3) is 0.524. The lowest BCUT2D eigenvalue weighted by Crippen LogP contribution is -2.53. The number of carbonyl (C=O) groups is 1. The van der Waals surface area contributed by atoms with Crippen molar-refractivity contribution in [3.63, 3.8) is 0 Å². The molecule has 1 aromatic carbocycles. The van der Waals surface area contributed by atoms with E-state index >= 15 is 0 Å². The van der Waals surface area contributed by atoms with Gasteiger partial charge in [0.2, 0.25) is 0 Å². The monoisotopic (exact) mass is 406 g/mol. The first kappa shape index (κ1) is 22.5. The first-order chi connectivity index (χ1) is 13.4. The van der Waals surface area contributed by atoms with Gasteiger partial charge in [-0.2, -0.15) is 0 Å². The number of aliphatic hydroxyl groups is 2. The second-order valence-electron chi connectivity index (χ2n) is 7.27. The molecule has 2 aromatic rings. The molecule has 1 aliphatic rings. The molecule has 1 fully saturated rings.